The molecule has 6 heteroatoms. The number of pyridine rings is 1. The summed E-state index contributed by atoms with van der Waals surface area (Å²) in [6, 6.07) is 12.9. The maximum absolute atomic E-state index is 12.0. The topological polar surface area (TPSA) is 88.5 Å². The van der Waals surface area contributed by atoms with Crippen LogP contribution in [0, 0.1) is 5.41 Å². The second-order valence-corrected chi connectivity index (χ2v) is 6.03. The van der Waals surface area contributed by atoms with E-state index in [-0.39, 0.29) is 12.5 Å². The van der Waals surface area contributed by atoms with Crippen LogP contribution in [0.3, 0.4) is 0 Å². The van der Waals surface area contributed by atoms with Crippen molar-refractivity contribution in [3.8, 4) is 5.88 Å². The normalized spacial score (nSPS) is 10.9. The molecule has 0 fully saturated rings. The number of nitrogens with zero attached hydrogens (tertiary/aromatic N) is 1. The molecule has 0 saturated carbocycles. The molecule has 0 bridgehead atoms. The minimum Gasteiger partial charge on any atom is -0.481 e. The van der Waals surface area contributed by atoms with Crippen molar-refractivity contribution in [2.75, 3.05) is 6.54 Å². The van der Waals surface area contributed by atoms with Gasteiger partial charge in [-0.15, -0.1) is 0 Å². The Bertz CT molecular complexity index is 697. The summed E-state index contributed by atoms with van der Waals surface area (Å²) in [4.78, 5) is 27.1. The predicted molar refractivity (Wildman–Crippen MR) is 88.8 cm³/mol. The summed E-state index contributed by atoms with van der Waals surface area (Å²) >= 11 is 0. The summed E-state index contributed by atoms with van der Waals surface area (Å²) in [5.74, 6) is -0.918. The zero-order valence-corrected chi connectivity index (χ0v) is 13.7. The third-order valence-corrected chi connectivity index (χ3v) is 3.50. The molecular formula is C18H20N2O4. The van der Waals surface area contributed by atoms with E-state index in [1.165, 1.54) is 6.20 Å². The molecule has 0 aliphatic carbocycles. The van der Waals surface area contributed by atoms with Crippen LogP contribution < -0.4 is 10.1 Å². The number of carboxylic acid groups (broad SMARTS) is 1. The zero-order chi connectivity index (χ0) is 17.6. The molecule has 0 radical (unpaired) electrons. The van der Waals surface area contributed by atoms with Crippen LogP contribution >= 0.6 is 0 Å². The fourth-order valence-corrected chi connectivity index (χ4v) is 1.81. The first-order valence-electron chi connectivity index (χ1n) is 7.53. The van der Waals surface area contributed by atoms with Crippen molar-refractivity contribution in [3.05, 3.63) is 59.8 Å². The van der Waals surface area contributed by atoms with Crippen molar-refractivity contribution < 1.29 is 19.4 Å². The van der Waals surface area contributed by atoms with E-state index < -0.39 is 11.4 Å². The van der Waals surface area contributed by atoms with Crippen molar-refractivity contribution in [2.24, 2.45) is 5.41 Å². The SMILES string of the molecule is CC(C)(CNC(=O)c1ccc(OCc2ccccc2)nc1)C(=O)O. The first-order valence-corrected chi connectivity index (χ1v) is 7.53. The summed E-state index contributed by atoms with van der Waals surface area (Å²) in [7, 11) is 0. The second kappa shape index (κ2) is 7.59. The maximum Gasteiger partial charge on any atom is 0.310 e. The van der Waals surface area contributed by atoms with E-state index in [0.717, 1.165) is 5.56 Å². The van der Waals surface area contributed by atoms with E-state index in [9.17, 15) is 9.59 Å². The van der Waals surface area contributed by atoms with Crippen molar-refractivity contribution in [1.29, 1.82) is 0 Å². The summed E-state index contributed by atoms with van der Waals surface area (Å²) < 4.78 is 5.55. The number of carbonyl (C=O) groups is 2. The quantitative estimate of drug-likeness (QED) is 0.815. The van der Waals surface area contributed by atoms with E-state index in [1.54, 1.807) is 26.0 Å². The van der Waals surface area contributed by atoms with E-state index in [0.29, 0.717) is 18.1 Å². The Hall–Kier alpha value is -2.89. The number of rotatable bonds is 7. The number of hydrogen-bond acceptors (Lipinski definition) is 4. The molecule has 0 saturated heterocycles. The van der Waals surface area contributed by atoms with E-state index in [2.05, 4.69) is 10.3 Å². The van der Waals surface area contributed by atoms with Crippen LogP contribution in [-0.2, 0) is 11.4 Å². The number of amides is 1. The van der Waals surface area contributed by atoms with Crippen LogP contribution in [0.5, 0.6) is 5.88 Å². The molecule has 0 atom stereocenters. The first kappa shape index (κ1) is 17.5. The number of hydrogen-bond donors (Lipinski definition) is 2. The molecule has 2 rings (SSSR count). The largest absolute Gasteiger partial charge is 0.481 e. The van der Waals surface area contributed by atoms with Crippen molar-refractivity contribution in [2.45, 2.75) is 20.5 Å². The molecule has 2 aromatic rings. The van der Waals surface area contributed by atoms with E-state index in [1.807, 2.05) is 30.3 Å². The standard InChI is InChI=1S/C18H20N2O4/c1-18(2,17(22)23)12-20-16(21)14-8-9-15(19-10-14)24-11-13-6-4-3-5-7-13/h3-10H,11-12H2,1-2H3,(H,20,21)(H,22,23). The van der Waals surface area contributed by atoms with Crippen LogP contribution in [0.15, 0.2) is 48.7 Å². The van der Waals surface area contributed by atoms with Gasteiger partial charge in [-0.3, -0.25) is 9.59 Å². The first-order chi connectivity index (χ1) is 11.4. The lowest BCUT2D eigenvalue weighted by Crippen LogP contribution is -2.38. The van der Waals surface area contributed by atoms with Gasteiger partial charge in [0.2, 0.25) is 5.88 Å². The Morgan fingerprint density at radius 1 is 1.17 bits per heavy atom. The highest BCUT2D eigenvalue weighted by Crippen LogP contribution is 2.14. The van der Waals surface area contributed by atoms with Gasteiger partial charge in [0, 0.05) is 18.8 Å². The molecule has 1 heterocycles. The summed E-state index contributed by atoms with van der Waals surface area (Å²) in [5.41, 5.74) is 0.349. The Morgan fingerprint density at radius 2 is 1.88 bits per heavy atom. The van der Waals surface area contributed by atoms with Gasteiger partial charge in [0.25, 0.3) is 5.91 Å². The number of benzene rings is 1. The van der Waals surface area contributed by atoms with Gasteiger partial charge in [0.1, 0.15) is 6.61 Å². The van der Waals surface area contributed by atoms with E-state index in [4.69, 9.17) is 9.84 Å². The van der Waals surface area contributed by atoms with Gasteiger partial charge in [-0.2, -0.15) is 0 Å². The third-order valence-electron chi connectivity index (χ3n) is 3.50. The van der Waals surface area contributed by atoms with Crippen LogP contribution in [0.4, 0.5) is 0 Å². The Balaban J connectivity index is 1.89. The van der Waals surface area contributed by atoms with Gasteiger partial charge in [0.15, 0.2) is 0 Å². The molecular weight excluding hydrogens is 308 g/mol. The van der Waals surface area contributed by atoms with Gasteiger partial charge in [-0.1, -0.05) is 30.3 Å². The molecule has 1 amide bonds. The molecule has 1 aromatic carbocycles. The Morgan fingerprint density at radius 3 is 2.46 bits per heavy atom. The second-order valence-electron chi connectivity index (χ2n) is 6.03. The molecule has 126 valence electrons. The molecule has 0 aliphatic heterocycles. The Labute approximate surface area is 140 Å². The number of carboxylic acids is 1. The highest BCUT2D eigenvalue weighted by molar-refractivity contribution is 5.94. The lowest BCUT2D eigenvalue weighted by molar-refractivity contribution is -0.146. The molecule has 2 N–H and O–H groups in total. The zero-order valence-electron chi connectivity index (χ0n) is 13.7. The number of carbonyl (C=O) groups excluding carboxylic acids is 1. The van der Waals surface area contributed by atoms with Gasteiger partial charge >= 0.3 is 5.97 Å². The average Bonchev–Trinajstić information content (AvgIpc) is 2.59. The minimum absolute atomic E-state index is 0.0351. The fourth-order valence-electron chi connectivity index (χ4n) is 1.81. The van der Waals surface area contributed by atoms with Gasteiger partial charge < -0.3 is 15.2 Å². The van der Waals surface area contributed by atoms with Gasteiger partial charge in [-0.25, -0.2) is 4.98 Å². The van der Waals surface area contributed by atoms with Crippen LogP contribution in [0.25, 0.3) is 0 Å². The highest BCUT2D eigenvalue weighted by atomic mass is 16.5. The van der Waals surface area contributed by atoms with Crippen LogP contribution in [0.1, 0.15) is 29.8 Å². The monoisotopic (exact) mass is 328 g/mol. The lowest BCUT2D eigenvalue weighted by atomic mass is 9.94. The average molecular weight is 328 g/mol. The molecule has 0 aliphatic rings. The molecule has 0 spiro atoms. The van der Waals surface area contributed by atoms with Gasteiger partial charge in [0.05, 0.1) is 11.0 Å². The number of ether oxygens (including phenoxy) is 1. The summed E-state index contributed by atoms with van der Waals surface area (Å²) in [5, 5.41) is 11.6. The number of aromatic nitrogens is 1. The van der Waals surface area contributed by atoms with Gasteiger partial charge in [-0.05, 0) is 25.5 Å². The number of aliphatic carboxylic acids is 1. The van der Waals surface area contributed by atoms with Crippen molar-refractivity contribution in [3.63, 3.8) is 0 Å². The lowest BCUT2D eigenvalue weighted by Gasteiger charge is -2.19. The molecule has 24 heavy (non-hydrogen) atoms. The predicted octanol–water partition coefficient (Wildman–Crippen LogP) is 2.50. The number of nitrogens with one attached hydrogen (secondary N) is 1. The summed E-state index contributed by atoms with van der Waals surface area (Å²) in [6.07, 6.45) is 1.41. The smallest absolute Gasteiger partial charge is 0.310 e. The third kappa shape index (κ3) is 4.81. The highest BCUT2D eigenvalue weighted by Gasteiger charge is 2.27. The maximum atomic E-state index is 12.0. The van der Waals surface area contributed by atoms with Crippen molar-refractivity contribution in [1.82, 2.24) is 10.3 Å². The Kier molecular flexibility index (Phi) is 5.52. The van der Waals surface area contributed by atoms with Crippen LogP contribution in [0.2, 0.25) is 0 Å². The van der Waals surface area contributed by atoms with E-state index >= 15 is 0 Å². The molecule has 1 aromatic heterocycles. The summed E-state index contributed by atoms with van der Waals surface area (Å²) in [6.45, 7) is 3.53. The fraction of sp³-hybridized carbons (Fsp3) is 0.278. The molecule has 6 nitrogen and oxygen atoms in total. The molecule has 0 unspecified atom stereocenters. The minimum atomic E-state index is -1.03. The van der Waals surface area contributed by atoms with Crippen LogP contribution in [-0.4, -0.2) is 28.5 Å². The van der Waals surface area contributed by atoms with Crippen molar-refractivity contribution >= 4 is 11.9 Å².